The van der Waals surface area contributed by atoms with Gasteiger partial charge < -0.3 is 26.6 Å². The van der Waals surface area contributed by atoms with Crippen LogP contribution in [0.1, 0.15) is 48.0 Å². The SMILES string of the molecule is C=NC(C)(C)C1OC(c2ccncc2NC(=O)c2nc(-c3ccccc3C)cnc2N)CC(N)C1O. The number of nitrogen functional groups attached to an aromatic ring is 1. The number of aliphatic hydroxyl groups is 1. The summed E-state index contributed by atoms with van der Waals surface area (Å²) in [7, 11) is 0. The molecule has 10 nitrogen and oxygen atoms in total. The van der Waals surface area contributed by atoms with Crippen molar-refractivity contribution in [2.75, 3.05) is 11.1 Å². The van der Waals surface area contributed by atoms with Crippen LogP contribution in [0.5, 0.6) is 0 Å². The van der Waals surface area contributed by atoms with Gasteiger partial charge in [-0.1, -0.05) is 24.3 Å². The number of carbonyl (C=O) groups excluding carboxylic acids is 1. The highest BCUT2D eigenvalue weighted by atomic mass is 16.5. The van der Waals surface area contributed by atoms with Crippen LogP contribution >= 0.6 is 0 Å². The summed E-state index contributed by atoms with van der Waals surface area (Å²) in [5.74, 6) is -0.525. The first-order valence-corrected chi connectivity index (χ1v) is 11.6. The van der Waals surface area contributed by atoms with Crippen LogP contribution in [0, 0.1) is 6.92 Å². The monoisotopic (exact) mass is 489 g/mol. The van der Waals surface area contributed by atoms with Gasteiger partial charge in [0.05, 0.1) is 41.5 Å². The van der Waals surface area contributed by atoms with Gasteiger partial charge in [-0.05, 0) is 45.5 Å². The zero-order valence-electron chi connectivity index (χ0n) is 20.5. The highest BCUT2D eigenvalue weighted by Crippen LogP contribution is 2.38. The van der Waals surface area contributed by atoms with Gasteiger partial charge in [-0.25, -0.2) is 9.97 Å². The smallest absolute Gasteiger partial charge is 0.278 e. The fourth-order valence-corrected chi connectivity index (χ4v) is 4.33. The van der Waals surface area contributed by atoms with Crippen LogP contribution in [0.25, 0.3) is 11.3 Å². The molecule has 188 valence electrons. The Labute approximate surface area is 209 Å². The van der Waals surface area contributed by atoms with Gasteiger partial charge >= 0.3 is 0 Å². The second kappa shape index (κ2) is 10.1. The van der Waals surface area contributed by atoms with Crippen LogP contribution in [-0.2, 0) is 4.74 Å². The predicted molar refractivity (Wildman–Crippen MR) is 139 cm³/mol. The number of amides is 1. The van der Waals surface area contributed by atoms with E-state index in [9.17, 15) is 9.90 Å². The zero-order chi connectivity index (χ0) is 26.0. The molecule has 4 rings (SSSR count). The van der Waals surface area contributed by atoms with E-state index in [2.05, 4.69) is 32.0 Å². The van der Waals surface area contributed by atoms with Crippen molar-refractivity contribution in [2.45, 2.75) is 57.1 Å². The van der Waals surface area contributed by atoms with Gasteiger partial charge in [-0.15, -0.1) is 0 Å². The van der Waals surface area contributed by atoms with Crippen molar-refractivity contribution in [3.8, 4) is 11.3 Å². The van der Waals surface area contributed by atoms with Gasteiger partial charge in [-0.3, -0.25) is 14.8 Å². The molecule has 0 spiro atoms. The number of nitrogens with zero attached hydrogens (tertiary/aromatic N) is 4. The molecular formula is C26H31N7O3. The molecule has 2 aromatic heterocycles. The molecule has 1 aromatic carbocycles. The number of hydrogen-bond donors (Lipinski definition) is 4. The lowest BCUT2D eigenvalue weighted by Gasteiger charge is -2.44. The Morgan fingerprint density at radius 2 is 2.03 bits per heavy atom. The molecule has 0 aliphatic carbocycles. The summed E-state index contributed by atoms with van der Waals surface area (Å²) in [6.45, 7) is 9.22. The van der Waals surface area contributed by atoms with E-state index in [0.29, 0.717) is 23.4 Å². The summed E-state index contributed by atoms with van der Waals surface area (Å²) in [5, 5.41) is 13.5. The highest BCUT2D eigenvalue weighted by molar-refractivity contribution is 6.06. The number of carbonyl (C=O) groups is 1. The van der Waals surface area contributed by atoms with Crippen molar-refractivity contribution in [3.63, 3.8) is 0 Å². The Balaban J connectivity index is 1.63. The van der Waals surface area contributed by atoms with Gasteiger partial charge in [0, 0.05) is 23.4 Å². The standard InChI is InChI=1S/C26H31N7O3/c1-14-7-5-6-8-15(14)19-13-31-24(28)21(32-19)25(35)33-18-12-30-10-9-16(18)20-11-17(27)22(34)23(36-20)26(2,3)29-4/h5-10,12-13,17,20,22-23,34H,4,11,27H2,1-3H3,(H2,28,31)(H,33,35). The first-order chi connectivity index (χ1) is 17.1. The molecule has 4 unspecified atom stereocenters. The molecule has 10 heteroatoms. The lowest BCUT2D eigenvalue weighted by molar-refractivity contribution is -0.150. The molecule has 4 atom stereocenters. The minimum atomic E-state index is -0.916. The molecule has 0 saturated carbocycles. The molecule has 6 N–H and O–H groups in total. The molecule has 0 bridgehead atoms. The number of pyridine rings is 1. The Morgan fingerprint density at radius 1 is 1.28 bits per heavy atom. The van der Waals surface area contributed by atoms with Crippen LogP contribution in [-0.4, -0.2) is 56.5 Å². The number of benzene rings is 1. The number of ether oxygens (including phenoxy) is 1. The lowest BCUT2D eigenvalue weighted by atomic mass is 9.84. The molecule has 1 amide bonds. The molecule has 3 heterocycles. The maximum atomic E-state index is 13.3. The van der Waals surface area contributed by atoms with E-state index in [1.54, 1.807) is 18.5 Å². The fraction of sp³-hybridized carbons (Fsp3) is 0.346. The lowest BCUT2D eigenvalue weighted by Crippen LogP contribution is -2.57. The largest absolute Gasteiger partial charge is 0.389 e. The molecule has 1 aliphatic rings. The number of aliphatic imine (C=N–C) groups is 1. The van der Waals surface area contributed by atoms with Crippen molar-refractivity contribution in [3.05, 3.63) is 65.7 Å². The van der Waals surface area contributed by atoms with E-state index in [1.807, 2.05) is 45.0 Å². The van der Waals surface area contributed by atoms with Gasteiger partial charge in [0.25, 0.3) is 5.91 Å². The third kappa shape index (κ3) is 4.97. The average Bonchev–Trinajstić information content (AvgIpc) is 2.86. The van der Waals surface area contributed by atoms with E-state index in [-0.39, 0.29) is 11.5 Å². The number of nitrogens with one attached hydrogen (secondary N) is 1. The summed E-state index contributed by atoms with van der Waals surface area (Å²) in [6.07, 6.45) is 2.88. The predicted octanol–water partition coefficient (Wildman–Crippen LogP) is 2.68. The average molecular weight is 490 g/mol. The number of rotatable bonds is 6. The van der Waals surface area contributed by atoms with Crippen LogP contribution in [0.15, 0.2) is 53.9 Å². The Morgan fingerprint density at radius 3 is 2.75 bits per heavy atom. The molecule has 36 heavy (non-hydrogen) atoms. The summed E-state index contributed by atoms with van der Waals surface area (Å²) in [6, 6.07) is 8.87. The first kappa shape index (κ1) is 25.4. The van der Waals surface area contributed by atoms with E-state index in [1.165, 1.54) is 6.20 Å². The van der Waals surface area contributed by atoms with Crippen molar-refractivity contribution in [1.29, 1.82) is 0 Å². The molecule has 1 aliphatic heterocycles. The Hall–Kier alpha value is -3.73. The maximum Gasteiger partial charge on any atom is 0.278 e. The Bertz CT molecular complexity index is 1280. The number of aryl methyl sites for hydroxylation is 1. The maximum absolute atomic E-state index is 13.3. The second-order valence-electron chi connectivity index (χ2n) is 9.47. The highest BCUT2D eigenvalue weighted by Gasteiger charge is 2.44. The van der Waals surface area contributed by atoms with Crippen molar-refractivity contribution in [2.24, 2.45) is 10.7 Å². The summed E-state index contributed by atoms with van der Waals surface area (Å²) < 4.78 is 6.26. The van der Waals surface area contributed by atoms with Crippen LogP contribution in [0.3, 0.4) is 0 Å². The Kier molecular flexibility index (Phi) is 7.11. The summed E-state index contributed by atoms with van der Waals surface area (Å²) >= 11 is 0. The summed E-state index contributed by atoms with van der Waals surface area (Å²) in [4.78, 5) is 30.2. The van der Waals surface area contributed by atoms with Crippen LogP contribution < -0.4 is 16.8 Å². The zero-order valence-corrected chi connectivity index (χ0v) is 20.5. The van der Waals surface area contributed by atoms with Gasteiger partial charge in [0.2, 0.25) is 0 Å². The quantitative estimate of drug-likeness (QED) is 0.384. The number of nitrogens with two attached hydrogens (primary N) is 2. The normalized spacial score (nSPS) is 22.1. The third-order valence-corrected chi connectivity index (χ3v) is 6.54. The molecular weight excluding hydrogens is 458 g/mol. The minimum absolute atomic E-state index is 0.00268. The summed E-state index contributed by atoms with van der Waals surface area (Å²) in [5.41, 5.74) is 15.0. The van der Waals surface area contributed by atoms with Crippen LogP contribution in [0.2, 0.25) is 0 Å². The van der Waals surface area contributed by atoms with Gasteiger partial charge in [0.1, 0.15) is 6.10 Å². The van der Waals surface area contributed by atoms with E-state index >= 15 is 0 Å². The molecule has 0 radical (unpaired) electrons. The van der Waals surface area contributed by atoms with Crippen molar-refractivity contribution >= 4 is 24.1 Å². The van der Waals surface area contributed by atoms with Gasteiger partial charge in [-0.2, -0.15) is 0 Å². The number of anilines is 2. The van der Waals surface area contributed by atoms with E-state index in [0.717, 1.165) is 11.1 Å². The van der Waals surface area contributed by atoms with Crippen molar-refractivity contribution in [1.82, 2.24) is 15.0 Å². The number of aromatic nitrogens is 3. The third-order valence-electron chi connectivity index (χ3n) is 6.54. The topological polar surface area (TPSA) is 162 Å². The molecule has 3 aromatic rings. The number of aliphatic hydroxyl groups excluding tert-OH is 1. The van der Waals surface area contributed by atoms with Crippen molar-refractivity contribution < 1.29 is 14.6 Å². The van der Waals surface area contributed by atoms with Gasteiger partial charge in [0.15, 0.2) is 11.5 Å². The fourth-order valence-electron chi connectivity index (χ4n) is 4.33. The van der Waals surface area contributed by atoms with Crippen LogP contribution in [0.4, 0.5) is 11.5 Å². The van der Waals surface area contributed by atoms with E-state index < -0.39 is 35.8 Å². The first-order valence-electron chi connectivity index (χ1n) is 11.6. The molecule has 1 fully saturated rings. The number of hydrogen-bond acceptors (Lipinski definition) is 9. The second-order valence-corrected chi connectivity index (χ2v) is 9.47. The molecule has 1 saturated heterocycles. The minimum Gasteiger partial charge on any atom is -0.389 e. The van der Waals surface area contributed by atoms with E-state index in [4.69, 9.17) is 16.2 Å².